The first-order chi connectivity index (χ1) is 13.6. The highest BCUT2D eigenvalue weighted by Gasteiger charge is 2.57. The van der Waals surface area contributed by atoms with E-state index in [0.29, 0.717) is 23.5 Å². The number of carbonyl (C=O) groups is 1. The Morgan fingerprint density at radius 1 is 1.14 bits per heavy atom. The number of benzene rings is 2. The number of ether oxygens (including phenoxy) is 2. The van der Waals surface area contributed by atoms with Gasteiger partial charge in [-0.05, 0) is 62.2 Å². The van der Waals surface area contributed by atoms with Crippen LogP contribution in [0.25, 0.3) is 0 Å². The van der Waals surface area contributed by atoms with Gasteiger partial charge in [-0.3, -0.25) is 4.79 Å². The summed E-state index contributed by atoms with van der Waals surface area (Å²) in [5.41, 5.74) is 1.69. The molecular weight excluding hydrogens is 390 g/mol. The maximum atomic E-state index is 13.7. The first kappa shape index (κ1) is 19.8. The van der Waals surface area contributed by atoms with Crippen LogP contribution in [-0.4, -0.2) is 44.4 Å². The summed E-state index contributed by atoms with van der Waals surface area (Å²) in [6.45, 7) is 5.62. The fraction of sp³-hybridized carbons (Fsp3) is 0.409. The van der Waals surface area contributed by atoms with E-state index in [2.05, 4.69) is 0 Å². The van der Waals surface area contributed by atoms with Crippen LogP contribution in [0.3, 0.4) is 0 Å². The Bertz CT molecular complexity index is 1110. The van der Waals surface area contributed by atoms with Crippen molar-refractivity contribution in [3.63, 3.8) is 0 Å². The van der Waals surface area contributed by atoms with Gasteiger partial charge in [0.25, 0.3) is 0 Å². The highest BCUT2D eigenvalue weighted by Crippen LogP contribution is 2.50. The number of fused-ring (bicyclic) bond motifs is 4. The maximum absolute atomic E-state index is 13.7. The lowest BCUT2D eigenvalue weighted by Gasteiger charge is -2.51. The summed E-state index contributed by atoms with van der Waals surface area (Å²) in [7, 11) is -0.750. The second-order valence-electron chi connectivity index (χ2n) is 8.10. The van der Waals surface area contributed by atoms with Gasteiger partial charge in [-0.25, -0.2) is 8.42 Å². The van der Waals surface area contributed by atoms with E-state index in [1.807, 2.05) is 20.8 Å². The number of amides is 1. The molecule has 2 heterocycles. The topological polar surface area (TPSA) is 72.9 Å². The summed E-state index contributed by atoms with van der Waals surface area (Å²) < 4.78 is 38.8. The van der Waals surface area contributed by atoms with Gasteiger partial charge < -0.3 is 14.4 Å². The average molecular weight is 416 g/mol. The average Bonchev–Trinajstić information content (AvgIpc) is 2.68. The summed E-state index contributed by atoms with van der Waals surface area (Å²) in [4.78, 5) is 14.9. The Morgan fingerprint density at radius 2 is 1.86 bits per heavy atom. The van der Waals surface area contributed by atoms with Crippen molar-refractivity contribution in [2.75, 3.05) is 14.2 Å². The van der Waals surface area contributed by atoms with Crippen molar-refractivity contribution in [1.29, 1.82) is 0 Å². The third-order valence-corrected chi connectivity index (χ3v) is 8.44. The highest BCUT2D eigenvalue weighted by atomic mass is 32.2. The molecule has 0 spiro atoms. The van der Waals surface area contributed by atoms with E-state index in [-0.39, 0.29) is 4.90 Å². The summed E-state index contributed by atoms with van der Waals surface area (Å²) in [5.74, 6) is 0.221. The third kappa shape index (κ3) is 2.90. The summed E-state index contributed by atoms with van der Waals surface area (Å²) in [6.07, 6.45) is 0.393. The van der Waals surface area contributed by atoms with Crippen LogP contribution in [0.1, 0.15) is 36.0 Å². The number of carbonyl (C=O) groups excluding carboxylic acids is 1. The van der Waals surface area contributed by atoms with Crippen LogP contribution in [0.4, 0.5) is 0 Å². The molecule has 1 amide bonds. The lowest BCUT2D eigenvalue weighted by molar-refractivity contribution is -0.159. The number of hydrogen-bond acceptors (Lipinski definition) is 5. The minimum atomic E-state index is -3.91. The fourth-order valence-corrected chi connectivity index (χ4v) is 6.28. The molecule has 1 fully saturated rings. The molecule has 0 N–H and O–H groups in total. The minimum absolute atomic E-state index is 0.173. The number of rotatable bonds is 3. The molecule has 2 bridgehead atoms. The van der Waals surface area contributed by atoms with Crippen LogP contribution in [0.15, 0.2) is 41.3 Å². The van der Waals surface area contributed by atoms with Crippen LogP contribution in [0.5, 0.6) is 11.5 Å². The van der Waals surface area contributed by atoms with Gasteiger partial charge in [-0.1, -0.05) is 6.07 Å². The van der Waals surface area contributed by atoms with Crippen LogP contribution in [-0.2, 0) is 14.6 Å². The van der Waals surface area contributed by atoms with E-state index in [4.69, 9.17) is 9.47 Å². The van der Waals surface area contributed by atoms with Gasteiger partial charge in [-0.2, -0.15) is 0 Å². The number of piperidine rings is 1. The normalized spacial score (nSPS) is 26.0. The van der Waals surface area contributed by atoms with Crippen LogP contribution in [0.2, 0.25) is 0 Å². The smallest absolute Gasteiger partial charge is 0.244 e. The number of methoxy groups -OCH3 is 1. The molecule has 2 aliphatic heterocycles. The number of likely N-dealkylation sites (tertiary alicyclic amines) is 1. The van der Waals surface area contributed by atoms with Crippen molar-refractivity contribution in [3.8, 4) is 11.5 Å². The van der Waals surface area contributed by atoms with Gasteiger partial charge in [0.15, 0.2) is 20.8 Å². The van der Waals surface area contributed by atoms with Gasteiger partial charge in [0.2, 0.25) is 5.91 Å². The molecule has 7 heteroatoms. The number of aryl methyl sites for hydroxylation is 2. The van der Waals surface area contributed by atoms with Gasteiger partial charge >= 0.3 is 0 Å². The van der Waals surface area contributed by atoms with Gasteiger partial charge in [-0.15, -0.1) is 0 Å². The van der Waals surface area contributed by atoms with Crippen LogP contribution >= 0.6 is 0 Å². The third-order valence-electron chi connectivity index (χ3n) is 6.34. The minimum Gasteiger partial charge on any atom is -0.497 e. The van der Waals surface area contributed by atoms with Gasteiger partial charge in [0.05, 0.1) is 12.0 Å². The van der Waals surface area contributed by atoms with E-state index in [1.165, 1.54) is 4.90 Å². The SMILES string of the molecule is COc1ccc2c(c1)[C@@H]1C[C@](C)(O2)N(C)C(=O)[C@@H]1S(=O)(=O)c1ccc(C)c(C)c1. The molecule has 0 unspecified atom stereocenters. The first-order valence-electron chi connectivity index (χ1n) is 9.54. The van der Waals surface area contributed by atoms with Crippen molar-refractivity contribution < 1.29 is 22.7 Å². The summed E-state index contributed by atoms with van der Waals surface area (Å²) in [6, 6.07) is 10.4. The summed E-state index contributed by atoms with van der Waals surface area (Å²) in [5, 5.41) is -1.21. The second-order valence-corrected chi connectivity index (χ2v) is 10.2. The molecule has 154 valence electrons. The second kappa shape index (κ2) is 6.49. The largest absolute Gasteiger partial charge is 0.497 e. The molecule has 4 rings (SSSR count). The summed E-state index contributed by atoms with van der Waals surface area (Å²) >= 11 is 0. The zero-order valence-corrected chi connectivity index (χ0v) is 18.0. The van der Waals surface area contributed by atoms with Crippen molar-refractivity contribution in [1.82, 2.24) is 4.90 Å². The Hall–Kier alpha value is -2.54. The lowest BCUT2D eigenvalue weighted by Crippen LogP contribution is -2.64. The molecule has 2 aromatic carbocycles. The van der Waals surface area contributed by atoms with E-state index in [9.17, 15) is 13.2 Å². The predicted octanol–water partition coefficient (Wildman–Crippen LogP) is 3.21. The maximum Gasteiger partial charge on any atom is 0.244 e. The van der Waals surface area contributed by atoms with Crippen molar-refractivity contribution >= 4 is 15.7 Å². The Labute approximate surface area is 171 Å². The molecule has 0 saturated carbocycles. The standard InChI is InChI=1S/C22H25NO5S/c1-13-6-8-16(10-14(13)2)29(25,26)20-18-12-22(3,23(4)21(20)24)28-19-9-7-15(27-5)11-17(18)19/h6-11,18,20H,12H2,1-5H3/t18-,20+,22-/m0/s1. The molecule has 1 saturated heterocycles. The number of hydrogen-bond donors (Lipinski definition) is 0. The van der Waals surface area contributed by atoms with Crippen molar-refractivity contribution in [3.05, 3.63) is 53.1 Å². The van der Waals surface area contributed by atoms with Crippen molar-refractivity contribution in [2.45, 2.75) is 49.0 Å². The molecule has 6 nitrogen and oxygen atoms in total. The first-order valence-corrected chi connectivity index (χ1v) is 11.1. The number of sulfone groups is 1. The molecule has 2 aliphatic rings. The Morgan fingerprint density at radius 3 is 2.52 bits per heavy atom. The van der Waals surface area contributed by atoms with Gasteiger partial charge in [0, 0.05) is 24.9 Å². The molecule has 3 atom stereocenters. The van der Waals surface area contributed by atoms with Crippen LogP contribution in [0, 0.1) is 13.8 Å². The molecule has 0 radical (unpaired) electrons. The van der Waals surface area contributed by atoms with E-state index >= 15 is 0 Å². The Kier molecular flexibility index (Phi) is 4.42. The quantitative estimate of drug-likeness (QED) is 0.770. The van der Waals surface area contributed by atoms with E-state index in [0.717, 1.165) is 11.1 Å². The highest BCUT2D eigenvalue weighted by molar-refractivity contribution is 7.92. The molecular formula is C22H25NO5S. The monoisotopic (exact) mass is 415 g/mol. The van der Waals surface area contributed by atoms with Crippen LogP contribution < -0.4 is 9.47 Å². The fourth-order valence-electron chi connectivity index (χ4n) is 4.29. The van der Waals surface area contributed by atoms with E-state index in [1.54, 1.807) is 50.6 Å². The lowest BCUT2D eigenvalue weighted by atomic mass is 9.80. The van der Waals surface area contributed by atoms with E-state index < -0.39 is 32.6 Å². The van der Waals surface area contributed by atoms with Crippen molar-refractivity contribution in [2.24, 2.45) is 0 Å². The zero-order chi connectivity index (χ0) is 21.1. The number of nitrogens with zero attached hydrogens (tertiary/aromatic N) is 1. The zero-order valence-electron chi connectivity index (χ0n) is 17.2. The molecule has 0 aliphatic carbocycles. The molecule has 0 aromatic heterocycles. The predicted molar refractivity (Wildman–Crippen MR) is 109 cm³/mol. The molecule has 2 aromatic rings. The van der Waals surface area contributed by atoms with Gasteiger partial charge in [0.1, 0.15) is 11.5 Å². The molecule has 29 heavy (non-hydrogen) atoms. The Balaban J connectivity index is 1.90.